The summed E-state index contributed by atoms with van der Waals surface area (Å²) in [7, 11) is 0. The molecule has 2 aliphatic heterocycles. The number of hydrogen-bond donors (Lipinski definition) is 1. The summed E-state index contributed by atoms with van der Waals surface area (Å²) in [5.74, 6) is 0.520. The first-order valence-electron chi connectivity index (χ1n) is 14.1. The zero-order valence-electron chi connectivity index (χ0n) is 24.4. The van der Waals surface area contributed by atoms with Crippen LogP contribution in [0.1, 0.15) is 79.1 Å². The van der Waals surface area contributed by atoms with E-state index in [9.17, 15) is 14.7 Å². The van der Waals surface area contributed by atoms with E-state index in [0.29, 0.717) is 13.1 Å². The molecule has 1 aromatic heterocycles. The first-order valence-corrected chi connectivity index (χ1v) is 14.1. The Bertz CT molecular complexity index is 1280. The molecule has 3 heterocycles. The van der Waals surface area contributed by atoms with Gasteiger partial charge in [0.15, 0.2) is 11.5 Å². The molecule has 4 atom stereocenters. The number of carbonyl (C=O) groups is 2. The molecule has 2 fully saturated rings. The van der Waals surface area contributed by atoms with Gasteiger partial charge in [-0.3, -0.25) is 9.59 Å². The van der Waals surface area contributed by atoms with E-state index in [4.69, 9.17) is 14.5 Å². The molecule has 212 valence electrons. The summed E-state index contributed by atoms with van der Waals surface area (Å²) in [6.07, 6.45) is 6.07. The van der Waals surface area contributed by atoms with Gasteiger partial charge in [-0.2, -0.15) is 0 Å². The van der Waals surface area contributed by atoms with Crippen LogP contribution in [0.4, 0.5) is 0 Å². The van der Waals surface area contributed by atoms with Crippen molar-refractivity contribution in [1.29, 1.82) is 0 Å². The zero-order chi connectivity index (χ0) is 28.5. The predicted molar refractivity (Wildman–Crippen MR) is 152 cm³/mol. The first kappa shape index (κ1) is 29.2. The molecule has 39 heavy (non-hydrogen) atoms. The van der Waals surface area contributed by atoms with E-state index < -0.39 is 23.8 Å². The number of aliphatic hydroxyl groups excluding tert-OH is 1. The van der Waals surface area contributed by atoms with E-state index in [1.807, 2.05) is 70.7 Å². The van der Waals surface area contributed by atoms with E-state index in [0.717, 1.165) is 59.4 Å². The quantitative estimate of drug-likeness (QED) is 0.258. The SMILES string of the molecule is C/C=C(\C=C(\C)C(=O)C(C)CC)c1nc2cc(CN3[C@@H]([C@@H](C)O)C(=O)OC3(C)C)ccc2n1C[C@@H]1CCCO1. The summed E-state index contributed by atoms with van der Waals surface area (Å²) in [5.41, 5.74) is 3.57. The number of hydrogen-bond acceptors (Lipinski definition) is 7. The molecule has 1 unspecified atom stereocenters. The van der Waals surface area contributed by atoms with Crippen LogP contribution in [0.2, 0.25) is 0 Å². The lowest BCUT2D eigenvalue weighted by atomic mass is 9.96. The third-order valence-corrected chi connectivity index (χ3v) is 8.04. The molecule has 2 saturated heterocycles. The lowest BCUT2D eigenvalue weighted by Gasteiger charge is -2.32. The average Bonchev–Trinajstić information content (AvgIpc) is 3.58. The van der Waals surface area contributed by atoms with E-state index in [1.54, 1.807) is 6.92 Å². The van der Waals surface area contributed by atoms with Crippen LogP contribution in [-0.4, -0.2) is 61.9 Å². The van der Waals surface area contributed by atoms with Crippen molar-refractivity contribution < 1.29 is 24.2 Å². The molecule has 0 aliphatic carbocycles. The monoisotopic (exact) mass is 537 g/mol. The van der Waals surface area contributed by atoms with Gasteiger partial charge in [0.25, 0.3) is 0 Å². The third-order valence-electron chi connectivity index (χ3n) is 8.04. The number of aromatic nitrogens is 2. The summed E-state index contributed by atoms with van der Waals surface area (Å²) in [6, 6.07) is 5.42. The van der Waals surface area contributed by atoms with E-state index >= 15 is 0 Å². The molecule has 8 heteroatoms. The van der Waals surface area contributed by atoms with Crippen molar-refractivity contribution in [2.24, 2.45) is 5.92 Å². The number of ether oxygens (including phenoxy) is 2. The van der Waals surface area contributed by atoms with Crippen LogP contribution in [0, 0.1) is 5.92 Å². The number of cyclic esters (lactones) is 1. The Balaban J connectivity index is 1.74. The second kappa shape index (κ2) is 11.7. The number of allylic oxidation sites excluding steroid dienone is 4. The molecule has 1 aromatic carbocycles. The van der Waals surface area contributed by atoms with Crippen LogP contribution in [0.3, 0.4) is 0 Å². The summed E-state index contributed by atoms with van der Waals surface area (Å²) in [5, 5.41) is 10.3. The maximum absolute atomic E-state index is 12.9. The summed E-state index contributed by atoms with van der Waals surface area (Å²) in [4.78, 5) is 32.3. The van der Waals surface area contributed by atoms with Crippen molar-refractivity contribution in [3.8, 4) is 0 Å². The number of ketones is 1. The average molecular weight is 538 g/mol. The molecular weight excluding hydrogens is 494 g/mol. The zero-order valence-corrected chi connectivity index (χ0v) is 24.4. The molecule has 4 rings (SSSR count). The maximum atomic E-state index is 12.9. The van der Waals surface area contributed by atoms with Crippen molar-refractivity contribution in [2.45, 2.75) is 105 Å². The van der Waals surface area contributed by atoms with Gasteiger partial charge < -0.3 is 19.1 Å². The van der Waals surface area contributed by atoms with Crippen LogP contribution in [0.25, 0.3) is 16.6 Å². The number of imidazole rings is 1. The highest BCUT2D eigenvalue weighted by molar-refractivity contribution is 5.99. The summed E-state index contributed by atoms with van der Waals surface area (Å²) >= 11 is 0. The minimum Gasteiger partial charge on any atom is -0.443 e. The molecule has 2 aliphatic rings. The number of Topliss-reactive ketones (excluding diaryl/α,β-unsaturated/α-hetero) is 1. The molecule has 1 N–H and O–H groups in total. The van der Waals surface area contributed by atoms with Gasteiger partial charge in [-0.15, -0.1) is 0 Å². The second-order valence-electron chi connectivity index (χ2n) is 11.4. The minimum absolute atomic E-state index is 0.0243. The third kappa shape index (κ3) is 6.03. The Labute approximate surface area is 231 Å². The van der Waals surface area contributed by atoms with Crippen molar-refractivity contribution >= 4 is 28.4 Å². The predicted octanol–water partition coefficient (Wildman–Crippen LogP) is 5.02. The number of fused-ring (bicyclic) bond motifs is 1. The standard InChI is InChI=1S/C31H43N3O5/c1-8-19(3)28(36)20(4)15-23(9-2)29-32-25-16-22(12-13-26(25)33(29)18-24-11-10-14-38-24)17-34-27(21(5)35)30(37)39-31(34,6)7/h9,12-13,15-16,19,21,24,27,35H,8,10-11,14,17-18H2,1-7H3/b20-15-,23-9+/t19?,21-,24+,27+/m1/s1. The number of carbonyl (C=O) groups excluding carboxylic acids is 2. The van der Waals surface area contributed by atoms with Gasteiger partial charge in [0.1, 0.15) is 11.9 Å². The fraction of sp³-hybridized carbons (Fsp3) is 0.581. The van der Waals surface area contributed by atoms with Crippen LogP contribution in [0.5, 0.6) is 0 Å². The van der Waals surface area contributed by atoms with Gasteiger partial charge >= 0.3 is 5.97 Å². The molecule has 0 radical (unpaired) electrons. The number of benzene rings is 1. The van der Waals surface area contributed by atoms with Gasteiger partial charge in [-0.1, -0.05) is 26.0 Å². The largest absolute Gasteiger partial charge is 0.443 e. The van der Waals surface area contributed by atoms with Crippen LogP contribution < -0.4 is 0 Å². The van der Waals surface area contributed by atoms with Crippen LogP contribution in [-0.2, 0) is 32.2 Å². The van der Waals surface area contributed by atoms with Gasteiger partial charge in [-0.05, 0) is 83.2 Å². The smallest absolute Gasteiger partial charge is 0.327 e. The highest BCUT2D eigenvalue weighted by atomic mass is 16.6. The van der Waals surface area contributed by atoms with Crippen molar-refractivity contribution in [3.63, 3.8) is 0 Å². The van der Waals surface area contributed by atoms with Crippen LogP contribution in [0.15, 0.2) is 35.9 Å². The summed E-state index contributed by atoms with van der Waals surface area (Å²) in [6.45, 7) is 15.0. The molecule has 0 bridgehead atoms. The highest BCUT2D eigenvalue weighted by Gasteiger charge is 2.49. The van der Waals surface area contributed by atoms with Crippen molar-refractivity contribution in [1.82, 2.24) is 14.5 Å². The molecule has 8 nitrogen and oxygen atoms in total. The Morgan fingerprint density at radius 3 is 2.67 bits per heavy atom. The maximum Gasteiger partial charge on any atom is 0.327 e. The molecule has 0 spiro atoms. The summed E-state index contributed by atoms with van der Waals surface area (Å²) < 4.78 is 13.7. The second-order valence-corrected chi connectivity index (χ2v) is 11.4. The Morgan fingerprint density at radius 2 is 2.05 bits per heavy atom. The fourth-order valence-electron chi connectivity index (χ4n) is 5.60. The Morgan fingerprint density at radius 1 is 1.31 bits per heavy atom. The minimum atomic E-state index is -0.856. The number of nitrogens with zero attached hydrogens (tertiary/aromatic N) is 3. The lowest BCUT2D eigenvalue weighted by Crippen LogP contribution is -2.47. The Hall–Kier alpha value is -2.81. The molecule has 0 amide bonds. The van der Waals surface area contributed by atoms with Gasteiger partial charge in [0.2, 0.25) is 0 Å². The van der Waals surface area contributed by atoms with Crippen LogP contribution >= 0.6 is 0 Å². The number of aliphatic hydroxyl groups is 1. The highest BCUT2D eigenvalue weighted by Crippen LogP contribution is 2.33. The number of rotatable bonds is 10. The van der Waals surface area contributed by atoms with E-state index in [2.05, 4.69) is 10.6 Å². The topological polar surface area (TPSA) is 93.9 Å². The van der Waals surface area contributed by atoms with Gasteiger partial charge in [0.05, 0.1) is 29.8 Å². The van der Waals surface area contributed by atoms with E-state index in [-0.39, 0.29) is 17.8 Å². The fourth-order valence-corrected chi connectivity index (χ4v) is 5.60. The molecule has 2 aromatic rings. The van der Waals surface area contributed by atoms with Crippen molar-refractivity contribution in [2.75, 3.05) is 6.61 Å². The molecular formula is C31H43N3O5. The Kier molecular flexibility index (Phi) is 8.78. The molecule has 0 saturated carbocycles. The van der Waals surface area contributed by atoms with Gasteiger partial charge in [0, 0.05) is 24.6 Å². The number of esters is 1. The van der Waals surface area contributed by atoms with Gasteiger partial charge in [-0.25, -0.2) is 9.88 Å². The van der Waals surface area contributed by atoms with Crippen molar-refractivity contribution in [3.05, 3.63) is 47.3 Å². The van der Waals surface area contributed by atoms with E-state index in [1.165, 1.54) is 0 Å². The first-order chi connectivity index (χ1) is 18.5. The lowest BCUT2D eigenvalue weighted by molar-refractivity contribution is -0.150. The normalized spacial score (nSPS) is 23.8.